The first-order chi connectivity index (χ1) is 11.2. The zero-order valence-corrected chi connectivity index (χ0v) is 16.1. The van der Waals surface area contributed by atoms with Gasteiger partial charge in [-0.1, -0.05) is 26.0 Å². The topological polar surface area (TPSA) is 69.7 Å². The highest BCUT2D eigenvalue weighted by atomic mass is 32.2. The normalized spacial score (nSPS) is 13.1. The van der Waals surface area contributed by atoms with Gasteiger partial charge >= 0.3 is 0 Å². The lowest BCUT2D eigenvalue weighted by molar-refractivity contribution is -0.129. The molecule has 0 aliphatic carbocycles. The smallest absolute Gasteiger partial charge is 0.243 e. The minimum atomic E-state index is -3.41. The van der Waals surface area contributed by atoms with Crippen LogP contribution < -0.4 is 5.32 Å². The molecule has 0 spiro atoms. The van der Waals surface area contributed by atoms with Crippen molar-refractivity contribution in [1.82, 2.24) is 14.5 Å². The minimum absolute atomic E-state index is 0.0546. The van der Waals surface area contributed by atoms with E-state index >= 15 is 0 Å². The molecule has 1 atom stereocenters. The Morgan fingerprint density at radius 2 is 1.67 bits per heavy atom. The highest BCUT2D eigenvalue weighted by Gasteiger charge is 2.21. The Kier molecular flexibility index (Phi) is 7.86. The van der Waals surface area contributed by atoms with E-state index in [0.29, 0.717) is 31.0 Å². The van der Waals surface area contributed by atoms with E-state index in [1.807, 2.05) is 32.9 Å². The van der Waals surface area contributed by atoms with Crippen molar-refractivity contribution in [1.29, 1.82) is 0 Å². The molecule has 1 aromatic rings. The number of hydrogen-bond donors (Lipinski definition) is 1. The van der Waals surface area contributed by atoms with E-state index in [9.17, 15) is 13.2 Å². The molecular weight excluding hydrogens is 326 g/mol. The van der Waals surface area contributed by atoms with Crippen LogP contribution in [0.1, 0.15) is 32.8 Å². The molecule has 1 N–H and O–H groups in total. The molecule has 0 saturated carbocycles. The molecule has 6 nitrogen and oxygen atoms in total. The van der Waals surface area contributed by atoms with Gasteiger partial charge in [0, 0.05) is 46.2 Å². The van der Waals surface area contributed by atoms with Crippen LogP contribution in [0.3, 0.4) is 0 Å². The van der Waals surface area contributed by atoms with Crippen molar-refractivity contribution >= 4 is 15.9 Å². The van der Waals surface area contributed by atoms with Crippen molar-refractivity contribution in [2.45, 2.75) is 44.7 Å². The van der Waals surface area contributed by atoms with Gasteiger partial charge in [0.05, 0.1) is 4.90 Å². The fourth-order valence-electron chi connectivity index (χ4n) is 2.30. The molecule has 0 unspecified atom stereocenters. The third-order valence-corrected chi connectivity index (χ3v) is 5.96. The summed E-state index contributed by atoms with van der Waals surface area (Å²) in [4.78, 5) is 13.5. The maximum absolute atomic E-state index is 12.4. The number of sulfonamides is 1. The first-order valence-corrected chi connectivity index (χ1v) is 9.69. The van der Waals surface area contributed by atoms with Crippen molar-refractivity contribution in [3.05, 3.63) is 29.8 Å². The third kappa shape index (κ3) is 5.58. The average Bonchev–Trinajstić information content (AvgIpc) is 2.54. The molecular formula is C17H29N3O3S. The zero-order valence-electron chi connectivity index (χ0n) is 15.2. The lowest BCUT2D eigenvalue weighted by Crippen LogP contribution is -2.33. The van der Waals surface area contributed by atoms with Gasteiger partial charge in [0.2, 0.25) is 15.9 Å². The van der Waals surface area contributed by atoms with Gasteiger partial charge in [-0.15, -0.1) is 0 Å². The van der Waals surface area contributed by atoms with Gasteiger partial charge in [0.15, 0.2) is 0 Å². The van der Waals surface area contributed by atoms with E-state index in [2.05, 4.69) is 5.32 Å². The Labute approximate surface area is 145 Å². The molecule has 0 aliphatic rings. The second kappa shape index (κ2) is 9.15. The van der Waals surface area contributed by atoms with Crippen molar-refractivity contribution in [2.24, 2.45) is 0 Å². The SMILES string of the molecule is CCN(CC)S(=O)(=O)c1ccc(CN[C@@H](C)CC(=O)N(C)C)cc1. The second-order valence-electron chi connectivity index (χ2n) is 6.01. The van der Waals surface area contributed by atoms with E-state index in [1.165, 1.54) is 4.31 Å². The van der Waals surface area contributed by atoms with E-state index in [0.717, 1.165) is 5.56 Å². The average molecular weight is 356 g/mol. The lowest BCUT2D eigenvalue weighted by atomic mass is 10.2. The lowest BCUT2D eigenvalue weighted by Gasteiger charge is -2.19. The minimum Gasteiger partial charge on any atom is -0.349 e. The maximum atomic E-state index is 12.4. The summed E-state index contributed by atoms with van der Waals surface area (Å²) in [6, 6.07) is 6.95. The van der Waals surface area contributed by atoms with Crippen molar-refractivity contribution < 1.29 is 13.2 Å². The van der Waals surface area contributed by atoms with Gasteiger partial charge in [0.1, 0.15) is 0 Å². The molecule has 7 heteroatoms. The van der Waals surface area contributed by atoms with Crippen LogP contribution in [0.2, 0.25) is 0 Å². The second-order valence-corrected chi connectivity index (χ2v) is 7.95. The van der Waals surface area contributed by atoms with Crippen LogP contribution in [-0.4, -0.2) is 56.8 Å². The maximum Gasteiger partial charge on any atom is 0.243 e. The van der Waals surface area contributed by atoms with Crippen LogP contribution in [0.5, 0.6) is 0 Å². The first-order valence-electron chi connectivity index (χ1n) is 8.25. The summed E-state index contributed by atoms with van der Waals surface area (Å²) in [5, 5.41) is 3.28. The molecule has 0 saturated heterocycles. The molecule has 0 fully saturated rings. The number of carbonyl (C=O) groups is 1. The van der Waals surface area contributed by atoms with E-state index < -0.39 is 10.0 Å². The number of carbonyl (C=O) groups excluding carboxylic acids is 1. The number of benzene rings is 1. The molecule has 24 heavy (non-hydrogen) atoms. The summed E-state index contributed by atoms with van der Waals surface area (Å²) in [6.07, 6.45) is 0.432. The fourth-order valence-corrected chi connectivity index (χ4v) is 3.76. The molecule has 0 radical (unpaired) electrons. The van der Waals surface area contributed by atoms with Gasteiger partial charge < -0.3 is 10.2 Å². The van der Waals surface area contributed by atoms with Crippen LogP contribution in [0.4, 0.5) is 0 Å². The van der Waals surface area contributed by atoms with Gasteiger partial charge in [-0.05, 0) is 24.6 Å². The number of nitrogens with zero attached hydrogens (tertiary/aromatic N) is 2. The fraction of sp³-hybridized carbons (Fsp3) is 0.588. The van der Waals surface area contributed by atoms with Crippen molar-refractivity contribution in [3.8, 4) is 0 Å². The van der Waals surface area contributed by atoms with Gasteiger partial charge in [-0.2, -0.15) is 4.31 Å². The Balaban J connectivity index is 2.67. The zero-order chi connectivity index (χ0) is 18.3. The number of hydrogen-bond acceptors (Lipinski definition) is 4. The Hall–Kier alpha value is -1.44. The van der Waals surface area contributed by atoms with Crippen molar-refractivity contribution in [3.63, 3.8) is 0 Å². The van der Waals surface area contributed by atoms with Gasteiger partial charge in [0.25, 0.3) is 0 Å². The van der Waals surface area contributed by atoms with Crippen LogP contribution >= 0.6 is 0 Å². The van der Waals surface area contributed by atoms with Crippen LogP contribution in [0, 0.1) is 0 Å². The summed E-state index contributed by atoms with van der Waals surface area (Å²) in [5.74, 6) is 0.0793. The van der Waals surface area contributed by atoms with Crippen molar-refractivity contribution in [2.75, 3.05) is 27.2 Å². The van der Waals surface area contributed by atoms with Crippen LogP contribution in [-0.2, 0) is 21.4 Å². The number of rotatable bonds is 9. The number of amides is 1. The molecule has 0 bridgehead atoms. The van der Waals surface area contributed by atoms with Crippen LogP contribution in [0.15, 0.2) is 29.2 Å². The highest BCUT2D eigenvalue weighted by molar-refractivity contribution is 7.89. The predicted octanol–water partition coefficient (Wildman–Crippen LogP) is 1.67. The largest absolute Gasteiger partial charge is 0.349 e. The molecule has 1 aromatic carbocycles. The van der Waals surface area contributed by atoms with Crippen LogP contribution in [0.25, 0.3) is 0 Å². The predicted molar refractivity (Wildman–Crippen MR) is 96.2 cm³/mol. The summed E-state index contributed by atoms with van der Waals surface area (Å²) >= 11 is 0. The molecule has 1 rings (SSSR count). The molecule has 0 aromatic heterocycles. The Morgan fingerprint density at radius 3 is 2.12 bits per heavy atom. The summed E-state index contributed by atoms with van der Waals surface area (Å²) in [5.41, 5.74) is 0.984. The van der Waals surface area contributed by atoms with Gasteiger partial charge in [-0.25, -0.2) is 8.42 Å². The molecule has 0 aliphatic heterocycles. The summed E-state index contributed by atoms with van der Waals surface area (Å²) in [6.45, 7) is 7.12. The quantitative estimate of drug-likeness (QED) is 0.732. The highest BCUT2D eigenvalue weighted by Crippen LogP contribution is 2.16. The molecule has 1 amide bonds. The van der Waals surface area contributed by atoms with E-state index in [-0.39, 0.29) is 11.9 Å². The number of nitrogens with one attached hydrogen (secondary N) is 1. The van der Waals surface area contributed by atoms with E-state index in [4.69, 9.17) is 0 Å². The van der Waals surface area contributed by atoms with Gasteiger partial charge in [-0.3, -0.25) is 4.79 Å². The summed E-state index contributed by atoms with van der Waals surface area (Å²) < 4.78 is 26.3. The monoisotopic (exact) mass is 355 g/mol. The first kappa shape index (κ1) is 20.6. The molecule has 0 heterocycles. The Bertz CT molecular complexity index is 623. The summed E-state index contributed by atoms with van der Waals surface area (Å²) in [7, 11) is 0.0685. The molecule has 136 valence electrons. The Morgan fingerprint density at radius 1 is 1.12 bits per heavy atom. The standard InChI is InChI=1S/C17H29N3O3S/c1-6-20(7-2)24(22,23)16-10-8-15(9-11-16)13-18-14(3)12-17(21)19(4)5/h8-11,14,18H,6-7,12-13H2,1-5H3/t14-/m0/s1. The van der Waals surface area contributed by atoms with E-state index in [1.54, 1.807) is 31.1 Å². The third-order valence-electron chi connectivity index (χ3n) is 3.90.